The fourth-order valence-corrected chi connectivity index (χ4v) is 1.26. The predicted molar refractivity (Wildman–Crippen MR) is 47.1 cm³/mol. The van der Waals surface area contributed by atoms with Crippen LogP contribution in [0.15, 0.2) is 10.2 Å². The first-order valence-electron chi connectivity index (χ1n) is 4.29. The highest BCUT2D eigenvalue weighted by molar-refractivity contribution is 5.82. The van der Waals surface area contributed by atoms with Crippen molar-refractivity contribution in [1.29, 1.82) is 0 Å². The van der Waals surface area contributed by atoms with Gasteiger partial charge in [-0.1, -0.05) is 0 Å². The number of rotatable bonds is 1. The summed E-state index contributed by atoms with van der Waals surface area (Å²) in [6.45, 7) is 2.80. The topological polar surface area (TPSA) is 54.0 Å². The first-order valence-corrected chi connectivity index (χ1v) is 4.29. The van der Waals surface area contributed by atoms with Crippen LogP contribution >= 0.6 is 0 Å². The van der Waals surface area contributed by atoms with Gasteiger partial charge in [-0.15, -0.1) is 5.10 Å². The van der Waals surface area contributed by atoms with E-state index < -0.39 is 41.6 Å². The van der Waals surface area contributed by atoms with Crippen molar-refractivity contribution in [3.8, 4) is 0 Å². The molecule has 0 amide bonds. The average Bonchev–Trinajstić information content (AvgIpc) is 2.24. The van der Waals surface area contributed by atoms with Crippen LogP contribution in [0, 0.1) is 0 Å². The molecule has 0 aliphatic carbocycles. The number of nitrogens with zero attached hydrogens (tertiary/aromatic N) is 3. The van der Waals surface area contributed by atoms with E-state index in [2.05, 4.69) is 16.9 Å². The average molecular weight is 262 g/mol. The van der Waals surface area contributed by atoms with Gasteiger partial charge in [0, 0.05) is 19.6 Å². The SMILES string of the molecule is C=N/N=C1/CCC(F)(F)C(F)(F)C(F)(F)N1N. The molecule has 1 aliphatic heterocycles. The van der Waals surface area contributed by atoms with Gasteiger partial charge in [0.2, 0.25) is 0 Å². The summed E-state index contributed by atoms with van der Waals surface area (Å²) >= 11 is 0. The molecular weight excluding hydrogens is 254 g/mol. The first-order chi connectivity index (χ1) is 7.58. The van der Waals surface area contributed by atoms with Crippen molar-refractivity contribution < 1.29 is 26.3 Å². The number of hydrazine groups is 1. The van der Waals surface area contributed by atoms with E-state index in [0.29, 0.717) is 0 Å². The monoisotopic (exact) mass is 262 g/mol. The number of alkyl halides is 6. The molecule has 98 valence electrons. The Kier molecular flexibility index (Phi) is 3.12. The minimum atomic E-state index is -5.60. The van der Waals surface area contributed by atoms with E-state index in [1.165, 1.54) is 0 Å². The van der Waals surface area contributed by atoms with E-state index in [0.717, 1.165) is 0 Å². The van der Waals surface area contributed by atoms with Crippen molar-refractivity contribution in [2.45, 2.75) is 30.7 Å². The Bertz CT molecular complexity index is 352. The standard InChI is InChI=1S/C7H8F6N4/c1-15-16-4-2-3-5(8,9)6(10,11)7(12,13)17(4)14/h1-3,14H2/b16-4-. The van der Waals surface area contributed by atoms with Crippen molar-refractivity contribution >= 4 is 12.6 Å². The highest BCUT2D eigenvalue weighted by Crippen LogP contribution is 2.50. The van der Waals surface area contributed by atoms with Crippen LogP contribution in [0.3, 0.4) is 0 Å². The smallest absolute Gasteiger partial charge is 0.241 e. The second kappa shape index (κ2) is 3.86. The maximum absolute atomic E-state index is 13.1. The summed E-state index contributed by atoms with van der Waals surface area (Å²) in [4.78, 5) is 0. The summed E-state index contributed by atoms with van der Waals surface area (Å²) in [7, 11) is 0. The summed E-state index contributed by atoms with van der Waals surface area (Å²) in [5.74, 6) is -6.70. The molecule has 2 N–H and O–H groups in total. The second-order valence-corrected chi connectivity index (χ2v) is 3.35. The van der Waals surface area contributed by atoms with E-state index in [9.17, 15) is 26.3 Å². The molecule has 0 aromatic carbocycles. The van der Waals surface area contributed by atoms with Gasteiger partial charge < -0.3 is 0 Å². The lowest BCUT2D eigenvalue weighted by Crippen LogP contribution is -2.63. The number of hydrogen-bond acceptors (Lipinski definition) is 3. The summed E-state index contributed by atoms with van der Waals surface area (Å²) in [5.41, 5.74) is 0. The quantitative estimate of drug-likeness (QED) is 0.258. The molecule has 1 aliphatic rings. The summed E-state index contributed by atoms with van der Waals surface area (Å²) < 4.78 is 78.0. The van der Waals surface area contributed by atoms with Crippen molar-refractivity contribution in [1.82, 2.24) is 5.01 Å². The van der Waals surface area contributed by atoms with E-state index in [4.69, 9.17) is 5.84 Å². The molecule has 0 aromatic heterocycles. The van der Waals surface area contributed by atoms with Crippen LogP contribution in [-0.4, -0.2) is 35.5 Å². The van der Waals surface area contributed by atoms with Gasteiger partial charge in [0.25, 0.3) is 0 Å². The molecule has 4 nitrogen and oxygen atoms in total. The van der Waals surface area contributed by atoms with Crippen LogP contribution < -0.4 is 5.84 Å². The molecule has 0 saturated carbocycles. The fraction of sp³-hybridized carbons (Fsp3) is 0.714. The van der Waals surface area contributed by atoms with Crippen molar-refractivity contribution in [3.63, 3.8) is 0 Å². The molecule has 1 rings (SSSR count). The molecule has 0 radical (unpaired) electrons. The van der Waals surface area contributed by atoms with Crippen LogP contribution in [0.1, 0.15) is 12.8 Å². The fourth-order valence-electron chi connectivity index (χ4n) is 1.26. The molecule has 0 bridgehead atoms. The van der Waals surface area contributed by atoms with Crippen LogP contribution in [0.5, 0.6) is 0 Å². The number of hydrogen-bond donors (Lipinski definition) is 1. The van der Waals surface area contributed by atoms with Gasteiger partial charge >= 0.3 is 17.9 Å². The molecule has 10 heteroatoms. The molecule has 17 heavy (non-hydrogen) atoms. The molecule has 1 saturated heterocycles. The Morgan fingerprint density at radius 1 is 1.18 bits per heavy atom. The molecule has 1 heterocycles. The van der Waals surface area contributed by atoms with E-state index in [1.807, 2.05) is 0 Å². The van der Waals surface area contributed by atoms with Crippen molar-refractivity contribution in [2.75, 3.05) is 0 Å². The van der Waals surface area contributed by atoms with Gasteiger partial charge in [0.15, 0.2) is 0 Å². The van der Waals surface area contributed by atoms with Crippen molar-refractivity contribution in [2.24, 2.45) is 16.0 Å². The minimum Gasteiger partial charge on any atom is -0.241 e. The molecule has 0 unspecified atom stereocenters. The molecule has 0 aromatic rings. The van der Waals surface area contributed by atoms with Gasteiger partial charge in [-0.25, -0.2) is 10.9 Å². The number of halogens is 6. The molecule has 1 fully saturated rings. The Morgan fingerprint density at radius 3 is 2.18 bits per heavy atom. The highest BCUT2D eigenvalue weighted by atomic mass is 19.3. The molecule has 0 spiro atoms. The predicted octanol–water partition coefficient (Wildman–Crippen LogP) is 1.83. The van der Waals surface area contributed by atoms with E-state index in [-0.39, 0.29) is 0 Å². The van der Waals surface area contributed by atoms with Crippen molar-refractivity contribution in [3.05, 3.63) is 0 Å². The number of amidine groups is 1. The van der Waals surface area contributed by atoms with E-state index in [1.54, 1.807) is 0 Å². The van der Waals surface area contributed by atoms with Crippen LogP contribution in [-0.2, 0) is 0 Å². The zero-order chi connectivity index (χ0) is 13.5. The minimum absolute atomic E-state index is 0.789. The lowest BCUT2D eigenvalue weighted by atomic mass is 10.1. The first kappa shape index (κ1) is 13.7. The maximum atomic E-state index is 13.1. The number of nitrogens with two attached hydrogens (primary N) is 1. The highest BCUT2D eigenvalue weighted by Gasteiger charge is 2.75. The third-order valence-corrected chi connectivity index (χ3v) is 2.27. The summed E-state index contributed by atoms with van der Waals surface area (Å²) in [6.07, 6.45) is -2.38. The van der Waals surface area contributed by atoms with Gasteiger partial charge in [-0.2, -0.15) is 31.4 Å². The second-order valence-electron chi connectivity index (χ2n) is 3.35. The zero-order valence-electron chi connectivity index (χ0n) is 8.31. The van der Waals surface area contributed by atoms with E-state index >= 15 is 0 Å². The Hall–Kier alpha value is -1.32. The van der Waals surface area contributed by atoms with Gasteiger partial charge in [0.1, 0.15) is 5.84 Å². The van der Waals surface area contributed by atoms with Gasteiger partial charge in [-0.3, -0.25) is 0 Å². The van der Waals surface area contributed by atoms with Crippen LogP contribution in [0.4, 0.5) is 26.3 Å². The van der Waals surface area contributed by atoms with Gasteiger partial charge in [0.05, 0.1) is 0 Å². The zero-order valence-corrected chi connectivity index (χ0v) is 8.31. The lowest BCUT2D eigenvalue weighted by Gasteiger charge is -2.34. The normalized spacial score (nSPS) is 28.9. The van der Waals surface area contributed by atoms with Crippen LogP contribution in [0.2, 0.25) is 0 Å². The van der Waals surface area contributed by atoms with Gasteiger partial charge in [-0.05, 0) is 0 Å². The molecule has 0 atom stereocenters. The molecular formula is C7H8F6N4. The largest absolute Gasteiger partial charge is 0.408 e. The summed E-state index contributed by atoms with van der Waals surface area (Å²) in [6, 6.07) is -5.27. The Morgan fingerprint density at radius 2 is 1.71 bits per heavy atom. The third-order valence-electron chi connectivity index (χ3n) is 2.27. The maximum Gasteiger partial charge on any atom is 0.408 e. The van der Waals surface area contributed by atoms with Crippen LogP contribution in [0.25, 0.3) is 0 Å². The Labute approximate surface area is 91.7 Å². The third kappa shape index (κ3) is 1.85. The Balaban J connectivity index is 3.31. The summed E-state index contributed by atoms with van der Waals surface area (Å²) in [5, 5.41) is 4.95. The lowest BCUT2D eigenvalue weighted by molar-refractivity contribution is -0.340.